The van der Waals surface area contributed by atoms with E-state index in [9.17, 15) is 4.79 Å². The molecular weight excluding hydrogens is 254 g/mol. The van der Waals surface area contributed by atoms with E-state index >= 15 is 0 Å². The average molecular weight is 271 g/mol. The molecule has 20 heavy (non-hydrogen) atoms. The second-order valence-electron chi connectivity index (χ2n) is 4.27. The molecule has 0 saturated heterocycles. The van der Waals surface area contributed by atoms with Gasteiger partial charge in [-0.2, -0.15) is 0 Å². The third-order valence-corrected chi connectivity index (χ3v) is 2.97. The molecule has 0 bridgehead atoms. The van der Waals surface area contributed by atoms with E-state index in [1.807, 2.05) is 18.2 Å². The van der Waals surface area contributed by atoms with Crippen molar-refractivity contribution in [2.24, 2.45) is 0 Å². The molecule has 5 heteroatoms. The van der Waals surface area contributed by atoms with E-state index in [1.165, 1.54) is 18.6 Å². The molecule has 0 aliphatic carbocycles. The Morgan fingerprint density at radius 1 is 1.35 bits per heavy atom. The van der Waals surface area contributed by atoms with Crippen LogP contribution in [0.25, 0.3) is 0 Å². The van der Waals surface area contributed by atoms with Crippen molar-refractivity contribution in [2.45, 2.75) is 19.9 Å². The summed E-state index contributed by atoms with van der Waals surface area (Å²) in [5.41, 5.74) is 2.47. The normalized spacial score (nSPS) is 10.1. The minimum atomic E-state index is -0.230. The summed E-state index contributed by atoms with van der Waals surface area (Å²) in [6.45, 7) is 2.52. The molecule has 104 valence electrons. The van der Waals surface area contributed by atoms with E-state index in [2.05, 4.69) is 22.2 Å². The number of carbonyl (C=O) groups is 1. The number of aryl methyl sites for hydroxylation is 1. The maximum atomic E-state index is 11.9. The fourth-order valence-corrected chi connectivity index (χ4v) is 1.91. The van der Waals surface area contributed by atoms with Crippen LogP contribution in [0.1, 0.15) is 28.5 Å². The summed E-state index contributed by atoms with van der Waals surface area (Å²) in [5.74, 6) is 0.642. The highest BCUT2D eigenvalue weighted by Crippen LogP contribution is 2.20. The summed E-state index contributed by atoms with van der Waals surface area (Å²) in [6, 6.07) is 5.90. The van der Waals surface area contributed by atoms with Gasteiger partial charge in [0.15, 0.2) is 0 Å². The molecule has 2 rings (SSSR count). The zero-order valence-electron chi connectivity index (χ0n) is 11.6. The first kappa shape index (κ1) is 14.0. The van der Waals surface area contributed by atoms with Crippen molar-refractivity contribution in [3.63, 3.8) is 0 Å². The van der Waals surface area contributed by atoms with Crippen LogP contribution in [-0.2, 0) is 13.0 Å². The van der Waals surface area contributed by atoms with E-state index < -0.39 is 0 Å². The quantitative estimate of drug-likeness (QED) is 0.903. The van der Waals surface area contributed by atoms with Crippen molar-refractivity contribution in [3.8, 4) is 5.75 Å². The Morgan fingerprint density at radius 2 is 2.20 bits per heavy atom. The Kier molecular flexibility index (Phi) is 4.65. The highest BCUT2D eigenvalue weighted by molar-refractivity contribution is 5.91. The van der Waals surface area contributed by atoms with Gasteiger partial charge in [0, 0.05) is 18.9 Å². The minimum Gasteiger partial charge on any atom is -0.496 e. The van der Waals surface area contributed by atoms with Crippen LogP contribution in [0, 0.1) is 0 Å². The van der Waals surface area contributed by atoms with Crippen LogP contribution in [0.15, 0.2) is 36.8 Å². The van der Waals surface area contributed by atoms with Gasteiger partial charge in [-0.05, 0) is 23.6 Å². The van der Waals surface area contributed by atoms with E-state index in [0.717, 1.165) is 23.3 Å². The number of benzene rings is 1. The lowest BCUT2D eigenvalue weighted by Gasteiger charge is -2.10. The summed E-state index contributed by atoms with van der Waals surface area (Å²) < 4.78 is 5.28. The van der Waals surface area contributed by atoms with Crippen molar-refractivity contribution in [3.05, 3.63) is 53.6 Å². The second kappa shape index (κ2) is 6.65. The fraction of sp³-hybridized carbons (Fsp3) is 0.267. The predicted molar refractivity (Wildman–Crippen MR) is 75.6 cm³/mol. The monoisotopic (exact) mass is 271 g/mol. The molecule has 0 radical (unpaired) electrons. The number of ether oxygens (including phenoxy) is 1. The molecule has 0 atom stereocenters. The number of carbonyl (C=O) groups excluding carboxylic acids is 1. The first-order chi connectivity index (χ1) is 9.74. The van der Waals surface area contributed by atoms with E-state index in [-0.39, 0.29) is 5.91 Å². The Morgan fingerprint density at radius 3 is 2.85 bits per heavy atom. The number of aromatic nitrogens is 2. The number of hydrogen-bond donors (Lipinski definition) is 1. The highest BCUT2D eigenvalue weighted by atomic mass is 16.5. The lowest BCUT2D eigenvalue weighted by atomic mass is 10.1. The lowest BCUT2D eigenvalue weighted by molar-refractivity contribution is 0.0945. The van der Waals surface area contributed by atoms with Crippen LogP contribution in [-0.4, -0.2) is 23.0 Å². The molecule has 1 aromatic carbocycles. The average Bonchev–Trinajstić information content (AvgIpc) is 2.53. The largest absolute Gasteiger partial charge is 0.496 e. The van der Waals surface area contributed by atoms with Crippen LogP contribution in [0.5, 0.6) is 5.75 Å². The van der Waals surface area contributed by atoms with Crippen molar-refractivity contribution in [1.82, 2.24) is 15.3 Å². The van der Waals surface area contributed by atoms with Gasteiger partial charge in [-0.25, -0.2) is 4.98 Å². The molecule has 0 saturated carbocycles. The molecule has 0 unspecified atom stereocenters. The summed E-state index contributed by atoms with van der Waals surface area (Å²) in [6.07, 6.45) is 5.36. The Bertz CT molecular complexity index is 585. The minimum absolute atomic E-state index is 0.230. The molecule has 1 amide bonds. The third-order valence-electron chi connectivity index (χ3n) is 2.97. The number of hydrogen-bond acceptors (Lipinski definition) is 4. The van der Waals surface area contributed by atoms with Gasteiger partial charge in [0.05, 0.1) is 13.3 Å². The van der Waals surface area contributed by atoms with E-state index in [0.29, 0.717) is 12.2 Å². The number of nitrogens with zero attached hydrogens (tertiary/aromatic N) is 2. The Balaban J connectivity index is 2.02. The molecule has 2 aromatic rings. The van der Waals surface area contributed by atoms with Crippen LogP contribution in [0.3, 0.4) is 0 Å². The first-order valence-corrected chi connectivity index (χ1v) is 6.44. The molecule has 5 nitrogen and oxygen atoms in total. The van der Waals surface area contributed by atoms with Crippen LogP contribution >= 0.6 is 0 Å². The van der Waals surface area contributed by atoms with Gasteiger partial charge in [-0.1, -0.05) is 19.1 Å². The summed E-state index contributed by atoms with van der Waals surface area (Å²) in [7, 11) is 1.66. The predicted octanol–water partition coefficient (Wildman–Crippen LogP) is 1.98. The maximum Gasteiger partial charge on any atom is 0.271 e. The zero-order valence-corrected chi connectivity index (χ0v) is 11.6. The number of amides is 1. The molecule has 0 fully saturated rings. The van der Waals surface area contributed by atoms with Crippen molar-refractivity contribution in [2.75, 3.05) is 7.11 Å². The van der Waals surface area contributed by atoms with Crippen molar-refractivity contribution < 1.29 is 9.53 Å². The molecule has 1 N–H and O–H groups in total. The number of nitrogens with one attached hydrogen (secondary N) is 1. The van der Waals surface area contributed by atoms with Gasteiger partial charge >= 0.3 is 0 Å². The van der Waals surface area contributed by atoms with E-state index in [1.54, 1.807) is 7.11 Å². The zero-order chi connectivity index (χ0) is 14.4. The van der Waals surface area contributed by atoms with Gasteiger partial charge in [0.2, 0.25) is 0 Å². The molecule has 0 spiro atoms. The van der Waals surface area contributed by atoms with Gasteiger partial charge < -0.3 is 10.1 Å². The van der Waals surface area contributed by atoms with Crippen molar-refractivity contribution in [1.29, 1.82) is 0 Å². The van der Waals surface area contributed by atoms with E-state index in [4.69, 9.17) is 4.74 Å². The Labute approximate surface area is 118 Å². The van der Waals surface area contributed by atoms with Crippen molar-refractivity contribution >= 4 is 5.91 Å². The Hall–Kier alpha value is -2.43. The molecular formula is C15H17N3O2. The highest BCUT2D eigenvalue weighted by Gasteiger charge is 2.07. The molecule has 1 aromatic heterocycles. The lowest BCUT2D eigenvalue weighted by Crippen LogP contribution is -2.23. The maximum absolute atomic E-state index is 11.9. The van der Waals surface area contributed by atoms with Gasteiger partial charge in [-0.3, -0.25) is 9.78 Å². The van der Waals surface area contributed by atoms with Gasteiger partial charge in [0.1, 0.15) is 11.4 Å². The SMILES string of the molecule is CCc1cc(CNC(=O)c2cnccn2)ccc1OC. The fourth-order valence-electron chi connectivity index (χ4n) is 1.91. The first-order valence-electron chi connectivity index (χ1n) is 6.44. The van der Waals surface area contributed by atoms with Gasteiger partial charge in [0.25, 0.3) is 5.91 Å². The van der Waals surface area contributed by atoms with Crippen LogP contribution in [0.4, 0.5) is 0 Å². The summed E-state index contributed by atoms with van der Waals surface area (Å²) >= 11 is 0. The van der Waals surface area contributed by atoms with Crippen LogP contribution in [0.2, 0.25) is 0 Å². The van der Waals surface area contributed by atoms with Gasteiger partial charge in [-0.15, -0.1) is 0 Å². The van der Waals surface area contributed by atoms with Crippen LogP contribution < -0.4 is 10.1 Å². The molecule has 0 aliphatic heterocycles. The third kappa shape index (κ3) is 3.32. The standard InChI is InChI=1S/C15H17N3O2/c1-3-12-8-11(4-5-14(12)20-2)9-18-15(19)13-10-16-6-7-17-13/h4-8,10H,3,9H2,1-2H3,(H,18,19). The molecule has 0 aliphatic rings. The summed E-state index contributed by atoms with van der Waals surface area (Å²) in [5, 5.41) is 2.82. The number of methoxy groups -OCH3 is 1. The summed E-state index contributed by atoms with van der Waals surface area (Å²) in [4.78, 5) is 19.7. The second-order valence-corrected chi connectivity index (χ2v) is 4.27. The molecule has 1 heterocycles. The smallest absolute Gasteiger partial charge is 0.271 e. The topological polar surface area (TPSA) is 64.1 Å². The number of rotatable bonds is 5.